The Morgan fingerprint density at radius 2 is 2.27 bits per heavy atom. The number of rotatable bonds is 4. The van der Waals surface area contributed by atoms with E-state index in [0.29, 0.717) is 10.9 Å². The number of benzene rings is 1. The summed E-state index contributed by atoms with van der Waals surface area (Å²) in [4.78, 5) is 10.5. The summed E-state index contributed by atoms with van der Waals surface area (Å²) in [5, 5.41) is 8.59. The lowest BCUT2D eigenvalue weighted by atomic mass is 9.98. The van der Waals surface area contributed by atoms with Crippen LogP contribution in [0.2, 0.25) is 0 Å². The minimum atomic E-state index is -0.802. The molecule has 0 aliphatic heterocycles. The van der Waals surface area contributed by atoms with E-state index >= 15 is 0 Å². The highest BCUT2D eigenvalue weighted by atomic mass is 79.9. The molecule has 82 valence electrons. The third-order valence-corrected chi connectivity index (χ3v) is 2.70. The van der Waals surface area contributed by atoms with Crippen LogP contribution in [-0.2, 0) is 11.2 Å². The zero-order chi connectivity index (χ0) is 11.4. The smallest absolute Gasteiger partial charge is 0.303 e. The molecule has 0 bridgehead atoms. The zero-order valence-electron chi connectivity index (χ0n) is 8.34. The summed E-state index contributed by atoms with van der Waals surface area (Å²) < 4.78 is 13.3. The van der Waals surface area contributed by atoms with Crippen molar-refractivity contribution in [2.24, 2.45) is 5.92 Å². The fourth-order valence-electron chi connectivity index (χ4n) is 1.44. The molecule has 0 aliphatic rings. The molecule has 1 N–H and O–H groups in total. The highest BCUT2D eigenvalue weighted by Gasteiger charge is 2.09. The molecule has 15 heavy (non-hydrogen) atoms. The van der Waals surface area contributed by atoms with Gasteiger partial charge in [0.25, 0.3) is 0 Å². The molecule has 0 radical (unpaired) electrons. The van der Waals surface area contributed by atoms with E-state index in [9.17, 15) is 9.18 Å². The monoisotopic (exact) mass is 274 g/mol. The van der Waals surface area contributed by atoms with Crippen molar-refractivity contribution in [2.45, 2.75) is 19.8 Å². The standard InChI is InChI=1S/C11H12BrFO2/c1-7(5-11(14)15)4-8-2-3-10(13)9(12)6-8/h2-3,6-7H,4-5H2,1H3,(H,14,15). The lowest BCUT2D eigenvalue weighted by Crippen LogP contribution is -2.07. The molecule has 0 spiro atoms. The molecule has 0 aliphatic carbocycles. The maximum absolute atomic E-state index is 12.9. The van der Waals surface area contributed by atoms with Gasteiger partial charge in [-0.3, -0.25) is 4.79 Å². The van der Waals surface area contributed by atoms with E-state index in [1.165, 1.54) is 6.07 Å². The molecule has 1 unspecified atom stereocenters. The largest absolute Gasteiger partial charge is 0.481 e. The highest BCUT2D eigenvalue weighted by molar-refractivity contribution is 9.10. The molecule has 1 aromatic carbocycles. The summed E-state index contributed by atoms with van der Waals surface area (Å²) in [7, 11) is 0. The number of carboxylic acid groups (broad SMARTS) is 1. The van der Waals surface area contributed by atoms with Gasteiger partial charge in [-0.2, -0.15) is 0 Å². The van der Waals surface area contributed by atoms with Crippen molar-refractivity contribution in [2.75, 3.05) is 0 Å². The van der Waals surface area contributed by atoms with Crippen LogP contribution in [0.15, 0.2) is 22.7 Å². The maximum atomic E-state index is 12.9. The maximum Gasteiger partial charge on any atom is 0.303 e. The molecule has 1 atom stereocenters. The van der Waals surface area contributed by atoms with Gasteiger partial charge in [-0.25, -0.2) is 4.39 Å². The summed E-state index contributed by atoms with van der Waals surface area (Å²) in [5.74, 6) is -1.05. The van der Waals surface area contributed by atoms with Gasteiger partial charge in [-0.05, 0) is 46.0 Å². The first-order chi connectivity index (χ1) is 6.99. The van der Waals surface area contributed by atoms with Crippen molar-refractivity contribution in [3.05, 3.63) is 34.1 Å². The number of hydrogen-bond donors (Lipinski definition) is 1. The quantitative estimate of drug-likeness (QED) is 0.915. The second kappa shape index (κ2) is 5.26. The van der Waals surface area contributed by atoms with Crippen LogP contribution in [0.4, 0.5) is 4.39 Å². The highest BCUT2D eigenvalue weighted by Crippen LogP contribution is 2.19. The fraction of sp³-hybridized carbons (Fsp3) is 0.364. The van der Waals surface area contributed by atoms with Gasteiger partial charge in [0, 0.05) is 6.42 Å². The molecule has 0 saturated heterocycles. The number of carbonyl (C=O) groups is 1. The Bertz CT molecular complexity index is 366. The second-order valence-electron chi connectivity index (χ2n) is 3.66. The molecular formula is C11H12BrFO2. The minimum Gasteiger partial charge on any atom is -0.481 e. The third-order valence-electron chi connectivity index (χ3n) is 2.09. The summed E-state index contributed by atoms with van der Waals surface area (Å²) in [6, 6.07) is 4.75. The van der Waals surface area contributed by atoms with Crippen LogP contribution in [-0.4, -0.2) is 11.1 Å². The normalized spacial score (nSPS) is 12.5. The Balaban J connectivity index is 2.64. The Hall–Kier alpha value is -0.900. The van der Waals surface area contributed by atoms with E-state index in [2.05, 4.69) is 15.9 Å². The minimum absolute atomic E-state index is 0.0554. The third kappa shape index (κ3) is 4.00. The van der Waals surface area contributed by atoms with E-state index in [-0.39, 0.29) is 18.2 Å². The first-order valence-corrected chi connectivity index (χ1v) is 5.44. The van der Waals surface area contributed by atoms with Crippen LogP contribution < -0.4 is 0 Å². The fourth-order valence-corrected chi connectivity index (χ4v) is 1.87. The van der Waals surface area contributed by atoms with Crippen molar-refractivity contribution in [3.8, 4) is 0 Å². The first kappa shape index (κ1) is 12.2. The van der Waals surface area contributed by atoms with Gasteiger partial charge in [0.15, 0.2) is 0 Å². The predicted octanol–water partition coefficient (Wildman–Crippen LogP) is 3.24. The summed E-state index contributed by atoms with van der Waals surface area (Å²) in [6.45, 7) is 1.87. The van der Waals surface area contributed by atoms with Gasteiger partial charge in [-0.15, -0.1) is 0 Å². The average molecular weight is 275 g/mol. The van der Waals surface area contributed by atoms with Crippen molar-refractivity contribution in [1.29, 1.82) is 0 Å². The Morgan fingerprint density at radius 3 is 2.80 bits per heavy atom. The van der Waals surface area contributed by atoms with Crippen molar-refractivity contribution < 1.29 is 14.3 Å². The van der Waals surface area contributed by atoms with E-state index in [4.69, 9.17) is 5.11 Å². The molecule has 2 nitrogen and oxygen atoms in total. The zero-order valence-corrected chi connectivity index (χ0v) is 9.92. The molecule has 0 heterocycles. The van der Waals surface area contributed by atoms with E-state index in [0.717, 1.165) is 5.56 Å². The van der Waals surface area contributed by atoms with Gasteiger partial charge in [-0.1, -0.05) is 13.0 Å². The molecule has 1 rings (SSSR count). The van der Waals surface area contributed by atoms with Crippen molar-refractivity contribution in [1.82, 2.24) is 0 Å². The topological polar surface area (TPSA) is 37.3 Å². The molecular weight excluding hydrogens is 263 g/mol. The second-order valence-corrected chi connectivity index (χ2v) is 4.51. The SMILES string of the molecule is CC(CC(=O)O)Cc1ccc(F)c(Br)c1. The van der Waals surface area contributed by atoms with Crippen LogP contribution in [0.1, 0.15) is 18.9 Å². The Kier molecular flexibility index (Phi) is 4.27. The van der Waals surface area contributed by atoms with Crippen LogP contribution in [0, 0.1) is 11.7 Å². The van der Waals surface area contributed by atoms with Gasteiger partial charge in [0.2, 0.25) is 0 Å². The number of halogens is 2. The van der Waals surface area contributed by atoms with Crippen LogP contribution in [0.3, 0.4) is 0 Å². The first-order valence-electron chi connectivity index (χ1n) is 4.64. The molecule has 0 amide bonds. The van der Waals surface area contributed by atoms with Gasteiger partial charge in [0.1, 0.15) is 5.82 Å². The lowest BCUT2D eigenvalue weighted by molar-refractivity contribution is -0.137. The van der Waals surface area contributed by atoms with E-state index in [1.54, 1.807) is 12.1 Å². The number of aliphatic carboxylic acids is 1. The Labute approximate surface area is 96.2 Å². The van der Waals surface area contributed by atoms with Crippen molar-refractivity contribution in [3.63, 3.8) is 0 Å². The predicted molar refractivity (Wildman–Crippen MR) is 59.2 cm³/mol. The van der Waals surface area contributed by atoms with Gasteiger partial charge in [0.05, 0.1) is 4.47 Å². The average Bonchev–Trinajstić information content (AvgIpc) is 2.10. The van der Waals surface area contributed by atoms with E-state index < -0.39 is 5.97 Å². The molecule has 1 aromatic rings. The number of carboxylic acids is 1. The molecule has 0 saturated carbocycles. The van der Waals surface area contributed by atoms with Crippen molar-refractivity contribution >= 4 is 21.9 Å². The van der Waals surface area contributed by atoms with Gasteiger partial charge >= 0.3 is 5.97 Å². The lowest BCUT2D eigenvalue weighted by Gasteiger charge is -2.08. The number of hydrogen-bond acceptors (Lipinski definition) is 1. The van der Waals surface area contributed by atoms with Crippen LogP contribution >= 0.6 is 15.9 Å². The summed E-state index contributed by atoms with van der Waals surface area (Å²) in [6.07, 6.45) is 0.778. The summed E-state index contributed by atoms with van der Waals surface area (Å²) >= 11 is 3.10. The van der Waals surface area contributed by atoms with Crippen LogP contribution in [0.25, 0.3) is 0 Å². The van der Waals surface area contributed by atoms with E-state index in [1.807, 2.05) is 6.92 Å². The summed E-state index contributed by atoms with van der Waals surface area (Å²) in [5.41, 5.74) is 0.942. The molecule has 4 heteroatoms. The van der Waals surface area contributed by atoms with Crippen LogP contribution in [0.5, 0.6) is 0 Å². The van der Waals surface area contributed by atoms with Gasteiger partial charge < -0.3 is 5.11 Å². The Morgan fingerprint density at radius 1 is 1.60 bits per heavy atom. The molecule has 0 fully saturated rings. The molecule has 0 aromatic heterocycles.